The second-order valence-electron chi connectivity index (χ2n) is 14.0. The maximum atomic E-state index is 6.28. The van der Waals surface area contributed by atoms with Crippen molar-refractivity contribution >= 4 is 11.6 Å². The van der Waals surface area contributed by atoms with Crippen LogP contribution in [-0.4, -0.2) is 37.1 Å². The lowest BCUT2D eigenvalue weighted by Crippen LogP contribution is -2.53. The number of likely N-dealkylation sites (tertiary alicyclic amines) is 1. The first kappa shape index (κ1) is 27.7. The highest BCUT2D eigenvalue weighted by Crippen LogP contribution is 2.45. The van der Waals surface area contributed by atoms with Crippen LogP contribution in [0, 0.1) is 46.8 Å². The fourth-order valence-corrected chi connectivity index (χ4v) is 8.40. The maximum Gasteiger partial charge on any atom is 0.0218 e. The third-order valence-corrected chi connectivity index (χ3v) is 10.7. The largest absolute Gasteiger partial charge is 0.312 e. The Bertz CT molecular complexity index is 725. The van der Waals surface area contributed by atoms with E-state index in [2.05, 4.69) is 63.1 Å². The van der Waals surface area contributed by atoms with Crippen molar-refractivity contribution in [3.63, 3.8) is 0 Å². The smallest absolute Gasteiger partial charge is 0.0218 e. The monoisotopic (exact) mass is 502 g/mol. The molecule has 3 aliphatic carbocycles. The van der Waals surface area contributed by atoms with Gasteiger partial charge in [0.15, 0.2) is 0 Å². The SMILES string of the molecule is CC1CCCC(C2C=CCC(CN[C@@H](CN3CC[C@H](C4CC=C(Cl)CC4)C(C)(C)C3)C(C)C)C2)C1. The van der Waals surface area contributed by atoms with Crippen LogP contribution in [0.15, 0.2) is 23.3 Å². The van der Waals surface area contributed by atoms with Gasteiger partial charge in [-0.05, 0) is 111 Å². The van der Waals surface area contributed by atoms with Gasteiger partial charge in [-0.1, -0.05) is 77.3 Å². The van der Waals surface area contributed by atoms with Gasteiger partial charge in [0.2, 0.25) is 0 Å². The van der Waals surface area contributed by atoms with E-state index in [-0.39, 0.29) is 0 Å². The zero-order valence-electron chi connectivity index (χ0n) is 23.6. The van der Waals surface area contributed by atoms with Crippen LogP contribution >= 0.6 is 11.6 Å². The van der Waals surface area contributed by atoms with E-state index in [9.17, 15) is 0 Å². The van der Waals surface area contributed by atoms with Crippen molar-refractivity contribution in [3.05, 3.63) is 23.3 Å². The standard InChI is InChI=1S/C32H55ClN2/c1-23(2)31(34-20-25-9-7-11-28(19-25)27-10-6-8-24(3)18-27)21-35-17-16-30(32(4,5)22-35)26-12-14-29(33)15-13-26/h7,11,14,23-28,30-31,34H,6,8-10,12-13,15-22H2,1-5H3/t24?,25?,26?,27?,28?,30-,31+/m1/s1. The fourth-order valence-electron chi connectivity index (χ4n) is 8.20. The summed E-state index contributed by atoms with van der Waals surface area (Å²) in [6.45, 7) is 17.3. The van der Waals surface area contributed by atoms with E-state index < -0.39 is 0 Å². The van der Waals surface area contributed by atoms with Gasteiger partial charge in [-0.3, -0.25) is 0 Å². The van der Waals surface area contributed by atoms with Crippen LogP contribution in [-0.2, 0) is 0 Å². The first-order valence-electron chi connectivity index (χ1n) is 15.2. The van der Waals surface area contributed by atoms with Gasteiger partial charge in [0.05, 0.1) is 0 Å². The molecule has 3 heteroatoms. The number of allylic oxidation sites excluding steroid dienone is 4. The van der Waals surface area contributed by atoms with Crippen LogP contribution in [0.4, 0.5) is 0 Å². The Balaban J connectivity index is 1.26. The number of halogens is 1. The Morgan fingerprint density at radius 2 is 1.91 bits per heavy atom. The van der Waals surface area contributed by atoms with E-state index in [1.54, 1.807) is 0 Å². The lowest BCUT2D eigenvalue weighted by molar-refractivity contribution is 0.0115. The van der Waals surface area contributed by atoms with Crippen molar-refractivity contribution in [1.29, 1.82) is 0 Å². The van der Waals surface area contributed by atoms with E-state index in [4.69, 9.17) is 11.6 Å². The van der Waals surface area contributed by atoms with E-state index in [1.807, 2.05) is 0 Å². The summed E-state index contributed by atoms with van der Waals surface area (Å²) in [4.78, 5) is 2.78. The van der Waals surface area contributed by atoms with Crippen LogP contribution < -0.4 is 5.32 Å². The van der Waals surface area contributed by atoms with E-state index in [0.717, 1.165) is 47.0 Å². The van der Waals surface area contributed by atoms with Crippen molar-refractivity contribution in [3.8, 4) is 0 Å². The van der Waals surface area contributed by atoms with Crippen LogP contribution in [0.1, 0.15) is 98.8 Å². The molecule has 0 bridgehead atoms. The second-order valence-corrected chi connectivity index (χ2v) is 14.5. The summed E-state index contributed by atoms with van der Waals surface area (Å²) >= 11 is 6.28. The van der Waals surface area contributed by atoms with Gasteiger partial charge in [-0.2, -0.15) is 0 Å². The van der Waals surface area contributed by atoms with Crippen molar-refractivity contribution < 1.29 is 0 Å². The molecule has 0 radical (unpaired) electrons. The molecule has 1 saturated heterocycles. The molecule has 35 heavy (non-hydrogen) atoms. The predicted octanol–water partition coefficient (Wildman–Crippen LogP) is 8.28. The molecule has 5 unspecified atom stereocenters. The zero-order chi connectivity index (χ0) is 25.0. The molecular formula is C32H55ClN2. The van der Waals surface area contributed by atoms with Crippen LogP contribution in [0.3, 0.4) is 0 Å². The second kappa shape index (κ2) is 12.5. The molecule has 2 nitrogen and oxygen atoms in total. The molecule has 0 spiro atoms. The summed E-state index contributed by atoms with van der Waals surface area (Å²) in [7, 11) is 0. The average molecular weight is 503 g/mol. The molecule has 0 aromatic heterocycles. The van der Waals surface area contributed by atoms with Gasteiger partial charge in [0.1, 0.15) is 0 Å². The lowest BCUT2D eigenvalue weighted by atomic mass is 9.65. The van der Waals surface area contributed by atoms with E-state index in [1.165, 1.54) is 84.0 Å². The highest BCUT2D eigenvalue weighted by molar-refractivity contribution is 6.29. The summed E-state index contributed by atoms with van der Waals surface area (Å²) in [6, 6.07) is 0.595. The van der Waals surface area contributed by atoms with Gasteiger partial charge in [0, 0.05) is 24.2 Å². The zero-order valence-corrected chi connectivity index (χ0v) is 24.3. The molecule has 2 fully saturated rings. The quantitative estimate of drug-likeness (QED) is 0.336. The first-order chi connectivity index (χ1) is 16.7. The summed E-state index contributed by atoms with van der Waals surface area (Å²) in [5, 5.41) is 5.17. The number of hydrogen-bond acceptors (Lipinski definition) is 2. The molecular weight excluding hydrogens is 448 g/mol. The topological polar surface area (TPSA) is 15.3 Å². The van der Waals surface area contributed by atoms with Gasteiger partial charge < -0.3 is 10.2 Å². The van der Waals surface area contributed by atoms with Gasteiger partial charge >= 0.3 is 0 Å². The lowest BCUT2D eigenvalue weighted by Gasteiger charge is -2.49. The Morgan fingerprint density at radius 1 is 1.09 bits per heavy atom. The third kappa shape index (κ3) is 7.61. The molecule has 1 saturated carbocycles. The van der Waals surface area contributed by atoms with Crippen molar-refractivity contribution in [1.82, 2.24) is 10.2 Å². The number of nitrogens with zero attached hydrogens (tertiary/aromatic N) is 1. The number of rotatable bonds is 8. The predicted molar refractivity (Wildman–Crippen MR) is 153 cm³/mol. The molecule has 0 amide bonds. The van der Waals surface area contributed by atoms with E-state index >= 15 is 0 Å². The molecule has 0 aromatic carbocycles. The Kier molecular flexibility index (Phi) is 9.89. The van der Waals surface area contributed by atoms with Crippen molar-refractivity contribution in [2.45, 2.75) is 105 Å². The minimum Gasteiger partial charge on any atom is -0.312 e. The fraction of sp³-hybridized carbons (Fsp3) is 0.875. The summed E-state index contributed by atoms with van der Waals surface area (Å²) < 4.78 is 0. The van der Waals surface area contributed by atoms with Gasteiger partial charge in [-0.15, -0.1) is 0 Å². The summed E-state index contributed by atoms with van der Waals surface area (Å²) in [6.07, 6.45) is 20.8. The average Bonchev–Trinajstić information content (AvgIpc) is 2.82. The van der Waals surface area contributed by atoms with Crippen molar-refractivity contribution in [2.24, 2.45) is 46.8 Å². The number of hydrogen-bond donors (Lipinski definition) is 1. The number of piperidine rings is 1. The minimum atomic E-state index is 0.390. The Hall–Kier alpha value is -0.310. The molecule has 4 rings (SSSR count). The number of nitrogens with one attached hydrogen (secondary N) is 1. The van der Waals surface area contributed by atoms with Gasteiger partial charge in [-0.25, -0.2) is 0 Å². The Labute approximate surface area is 222 Å². The third-order valence-electron chi connectivity index (χ3n) is 10.3. The van der Waals surface area contributed by atoms with Crippen LogP contribution in [0.25, 0.3) is 0 Å². The molecule has 7 atom stereocenters. The molecule has 1 aliphatic heterocycles. The van der Waals surface area contributed by atoms with Crippen LogP contribution in [0.5, 0.6) is 0 Å². The summed E-state index contributed by atoms with van der Waals surface area (Å²) in [5.74, 6) is 5.86. The highest BCUT2D eigenvalue weighted by Gasteiger charge is 2.41. The minimum absolute atomic E-state index is 0.390. The molecule has 1 N–H and O–H groups in total. The van der Waals surface area contributed by atoms with Crippen molar-refractivity contribution in [2.75, 3.05) is 26.2 Å². The molecule has 4 aliphatic rings. The van der Waals surface area contributed by atoms with Crippen LogP contribution in [0.2, 0.25) is 0 Å². The molecule has 200 valence electrons. The normalized spacial score (nSPS) is 37.3. The highest BCUT2D eigenvalue weighted by atomic mass is 35.5. The summed E-state index contributed by atoms with van der Waals surface area (Å²) in [5.41, 5.74) is 0.390. The van der Waals surface area contributed by atoms with E-state index in [0.29, 0.717) is 17.4 Å². The Morgan fingerprint density at radius 3 is 2.60 bits per heavy atom. The molecule has 0 aromatic rings. The van der Waals surface area contributed by atoms with Gasteiger partial charge in [0.25, 0.3) is 0 Å². The first-order valence-corrected chi connectivity index (χ1v) is 15.6. The maximum absolute atomic E-state index is 6.28. The molecule has 1 heterocycles.